The van der Waals surface area contributed by atoms with E-state index in [4.69, 9.17) is 23.2 Å². The number of Topliss-reactive ketones (excluding diaryl/α,β-unsaturated/α-hetero) is 1. The maximum atomic E-state index is 13.2. The molecular formula is C21H19Cl2N5O3. The Labute approximate surface area is 186 Å². The average Bonchev–Trinajstić information content (AvgIpc) is 3.21. The molecule has 0 aliphatic carbocycles. The molecule has 10 heteroatoms. The molecule has 0 saturated heterocycles. The first-order chi connectivity index (χ1) is 14.6. The Hall–Kier alpha value is -3.10. The Morgan fingerprint density at radius 3 is 2.45 bits per heavy atom. The van der Waals surface area contributed by atoms with Gasteiger partial charge in [0.25, 0.3) is 5.56 Å². The number of ketones is 1. The van der Waals surface area contributed by atoms with Gasteiger partial charge in [0.1, 0.15) is 0 Å². The number of fused-ring (bicyclic) bond motifs is 1. The summed E-state index contributed by atoms with van der Waals surface area (Å²) in [6.07, 6.45) is 0. The van der Waals surface area contributed by atoms with Gasteiger partial charge in [-0.1, -0.05) is 17.7 Å². The SMILES string of the molecule is Cc1cc(C(=O)Cn2c(Cl)nc3c2c(=O)n(C)c(=O)n3C)c(C)n1-c1cccc(Cl)c1. The van der Waals surface area contributed by atoms with Gasteiger partial charge in [0.2, 0.25) is 5.28 Å². The van der Waals surface area contributed by atoms with Gasteiger partial charge >= 0.3 is 5.69 Å². The molecule has 4 rings (SSSR count). The van der Waals surface area contributed by atoms with E-state index in [0.717, 1.165) is 21.6 Å². The lowest BCUT2D eigenvalue weighted by Crippen LogP contribution is -2.37. The molecule has 0 fully saturated rings. The Morgan fingerprint density at radius 1 is 1.06 bits per heavy atom. The molecule has 4 aromatic rings. The minimum absolute atomic E-state index is 0.0368. The molecule has 0 spiro atoms. The van der Waals surface area contributed by atoms with Gasteiger partial charge in [-0.2, -0.15) is 4.98 Å². The van der Waals surface area contributed by atoms with Crippen molar-refractivity contribution in [3.63, 3.8) is 0 Å². The molecule has 1 aromatic carbocycles. The monoisotopic (exact) mass is 459 g/mol. The molecule has 0 aliphatic rings. The molecule has 0 amide bonds. The lowest BCUT2D eigenvalue weighted by Gasteiger charge is -2.10. The van der Waals surface area contributed by atoms with E-state index in [1.54, 1.807) is 12.1 Å². The van der Waals surface area contributed by atoms with Crippen LogP contribution in [0.4, 0.5) is 0 Å². The number of hydrogen-bond donors (Lipinski definition) is 0. The van der Waals surface area contributed by atoms with E-state index < -0.39 is 11.2 Å². The van der Waals surface area contributed by atoms with Gasteiger partial charge in [-0.3, -0.25) is 18.7 Å². The topological polar surface area (TPSA) is 83.8 Å². The number of aryl methyl sites for hydroxylation is 2. The van der Waals surface area contributed by atoms with Gasteiger partial charge in [-0.05, 0) is 49.7 Å². The van der Waals surface area contributed by atoms with Crippen LogP contribution >= 0.6 is 23.2 Å². The van der Waals surface area contributed by atoms with Crippen LogP contribution in [0.1, 0.15) is 21.7 Å². The maximum absolute atomic E-state index is 13.2. The highest BCUT2D eigenvalue weighted by molar-refractivity contribution is 6.30. The number of halogens is 2. The summed E-state index contributed by atoms with van der Waals surface area (Å²) in [5.74, 6) is -0.238. The summed E-state index contributed by atoms with van der Waals surface area (Å²) in [5, 5.41) is 0.557. The number of hydrogen-bond acceptors (Lipinski definition) is 4. The fourth-order valence-corrected chi connectivity index (χ4v) is 4.26. The van der Waals surface area contributed by atoms with Crippen molar-refractivity contribution in [3.05, 3.63) is 78.4 Å². The van der Waals surface area contributed by atoms with Gasteiger partial charge in [0.15, 0.2) is 16.9 Å². The van der Waals surface area contributed by atoms with Crippen LogP contribution in [0.25, 0.3) is 16.9 Å². The number of carbonyl (C=O) groups excluding carboxylic acids is 1. The van der Waals surface area contributed by atoms with E-state index >= 15 is 0 Å². The number of nitrogens with zero attached hydrogens (tertiary/aromatic N) is 5. The predicted octanol–water partition coefficient (Wildman–Crippen LogP) is 3.03. The molecule has 8 nitrogen and oxygen atoms in total. The maximum Gasteiger partial charge on any atom is 0.332 e. The highest BCUT2D eigenvalue weighted by Crippen LogP contribution is 2.24. The third kappa shape index (κ3) is 3.32. The molecule has 3 aromatic heterocycles. The summed E-state index contributed by atoms with van der Waals surface area (Å²) >= 11 is 12.4. The quantitative estimate of drug-likeness (QED) is 0.346. The summed E-state index contributed by atoms with van der Waals surface area (Å²) < 4.78 is 5.48. The van der Waals surface area contributed by atoms with Crippen molar-refractivity contribution in [2.75, 3.05) is 0 Å². The van der Waals surface area contributed by atoms with Crippen LogP contribution < -0.4 is 11.2 Å². The van der Waals surface area contributed by atoms with Crippen molar-refractivity contribution < 1.29 is 4.79 Å². The van der Waals surface area contributed by atoms with E-state index in [1.807, 2.05) is 36.6 Å². The predicted molar refractivity (Wildman–Crippen MR) is 120 cm³/mol. The van der Waals surface area contributed by atoms with Crippen LogP contribution in [0.3, 0.4) is 0 Å². The fourth-order valence-electron chi connectivity index (χ4n) is 3.85. The normalized spacial score (nSPS) is 11.4. The smallest absolute Gasteiger partial charge is 0.318 e. The van der Waals surface area contributed by atoms with Gasteiger partial charge < -0.3 is 9.13 Å². The van der Waals surface area contributed by atoms with Crippen molar-refractivity contribution in [1.29, 1.82) is 0 Å². The average molecular weight is 460 g/mol. The molecule has 0 N–H and O–H groups in total. The third-order valence-electron chi connectivity index (χ3n) is 5.40. The molecule has 0 radical (unpaired) electrons. The van der Waals surface area contributed by atoms with E-state index in [9.17, 15) is 14.4 Å². The number of aromatic nitrogens is 5. The van der Waals surface area contributed by atoms with Crippen LogP contribution in [-0.4, -0.2) is 29.0 Å². The van der Waals surface area contributed by atoms with Gasteiger partial charge in [0, 0.05) is 41.8 Å². The van der Waals surface area contributed by atoms with Crippen molar-refractivity contribution in [2.24, 2.45) is 14.1 Å². The van der Waals surface area contributed by atoms with Gasteiger partial charge in [-0.25, -0.2) is 4.79 Å². The van der Waals surface area contributed by atoms with Crippen LogP contribution in [0, 0.1) is 13.8 Å². The zero-order chi connectivity index (χ0) is 22.6. The first-order valence-electron chi connectivity index (χ1n) is 9.41. The van der Waals surface area contributed by atoms with Gasteiger partial charge in [-0.15, -0.1) is 0 Å². The molecule has 0 aliphatic heterocycles. The highest BCUT2D eigenvalue weighted by atomic mass is 35.5. The van der Waals surface area contributed by atoms with Crippen molar-refractivity contribution in [2.45, 2.75) is 20.4 Å². The zero-order valence-electron chi connectivity index (χ0n) is 17.3. The van der Waals surface area contributed by atoms with Crippen LogP contribution in [0.2, 0.25) is 10.3 Å². The summed E-state index contributed by atoms with van der Waals surface area (Å²) in [6.45, 7) is 3.55. The minimum atomic E-state index is -0.560. The second-order valence-electron chi connectivity index (χ2n) is 7.37. The van der Waals surface area contributed by atoms with Crippen LogP contribution in [-0.2, 0) is 20.6 Å². The fraction of sp³-hybridized carbons (Fsp3) is 0.238. The van der Waals surface area contributed by atoms with Crippen LogP contribution in [0.5, 0.6) is 0 Å². The second-order valence-corrected chi connectivity index (χ2v) is 8.14. The Balaban J connectivity index is 1.81. The first kappa shape index (κ1) is 21.1. The molecule has 3 heterocycles. The largest absolute Gasteiger partial charge is 0.332 e. The number of imidazole rings is 1. The lowest BCUT2D eigenvalue weighted by atomic mass is 10.1. The second kappa shape index (κ2) is 7.55. The molecule has 0 atom stereocenters. The van der Waals surface area contributed by atoms with Crippen LogP contribution in [0.15, 0.2) is 39.9 Å². The number of carbonyl (C=O) groups is 1. The van der Waals surface area contributed by atoms with E-state index in [0.29, 0.717) is 10.6 Å². The molecular weight excluding hydrogens is 441 g/mol. The Morgan fingerprint density at radius 2 is 1.77 bits per heavy atom. The summed E-state index contributed by atoms with van der Waals surface area (Å²) in [6, 6.07) is 9.14. The highest BCUT2D eigenvalue weighted by Gasteiger charge is 2.22. The van der Waals surface area contributed by atoms with Crippen molar-refractivity contribution in [1.82, 2.24) is 23.3 Å². The summed E-state index contributed by atoms with van der Waals surface area (Å²) in [4.78, 5) is 42.2. The Kier molecular flexibility index (Phi) is 5.15. The molecule has 0 bridgehead atoms. The first-order valence-corrected chi connectivity index (χ1v) is 10.2. The molecule has 0 saturated carbocycles. The number of benzene rings is 1. The number of rotatable bonds is 4. The van der Waals surface area contributed by atoms with E-state index in [-0.39, 0.29) is 28.8 Å². The lowest BCUT2D eigenvalue weighted by molar-refractivity contribution is 0.0972. The molecule has 0 unspecified atom stereocenters. The van der Waals surface area contributed by atoms with Gasteiger partial charge in [0.05, 0.1) is 6.54 Å². The Bertz CT molecular complexity index is 1490. The van der Waals surface area contributed by atoms with Crippen molar-refractivity contribution >= 4 is 40.1 Å². The van der Waals surface area contributed by atoms with E-state index in [2.05, 4.69) is 4.98 Å². The van der Waals surface area contributed by atoms with E-state index in [1.165, 1.54) is 23.2 Å². The summed E-state index contributed by atoms with van der Waals surface area (Å²) in [7, 11) is 2.87. The molecule has 160 valence electrons. The van der Waals surface area contributed by atoms with Crippen molar-refractivity contribution in [3.8, 4) is 5.69 Å². The zero-order valence-corrected chi connectivity index (χ0v) is 18.8. The minimum Gasteiger partial charge on any atom is -0.318 e. The summed E-state index contributed by atoms with van der Waals surface area (Å²) in [5.41, 5.74) is 2.11. The standard InChI is InChI=1S/C21H19Cl2N5O3/c1-11-8-15(12(2)28(11)14-7-5-6-13(22)9-14)16(29)10-27-17-18(24-20(27)23)25(3)21(31)26(4)19(17)30/h5-9H,10H2,1-4H3. The molecule has 31 heavy (non-hydrogen) atoms. The third-order valence-corrected chi connectivity index (χ3v) is 5.92.